The number of carboxylic acids is 1. The first-order valence-corrected chi connectivity index (χ1v) is 5.61. The molecule has 0 saturated heterocycles. The highest BCUT2D eigenvalue weighted by molar-refractivity contribution is 5.75. The Hall–Kier alpha value is -1.98. The molecule has 0 atom stereocenters. The van der Waals surface area contributed by atoms with Crippen molar-refractivity contribution in [2.75, 3.05) is 0 Å². The number of hydrogen-bond donors (Lipinski definition) is 2. The van der Waals surface area contributed by atoms with Crippen LogP contribution in [0.25, 0.3) is 11.0 Å². The Kier molecular flexibility index (Phi) is 3.55. The molecule has 0 fully saturated rings. The summed E-state index contributed by atoms with van der Waals surface area (Å²) in [6.07, 6.45) is 1.78. The predicted octanol–water partition coefficient (Wildman–Crippen LogP) is 2.64. The molecule has 2 aromatic rings. The van der Waals surface area contributed by atoms with Gasteiger partial charge in [-0.15, -0.1) is 0 Å². The van der Waals surface area contributed by atoms with Gasteiger partial charge in [-0.05, 0) is 18.9 Å². The number of rotatable bonds is 5. The van der Waals surface area contributed by atoms with Crippen LogP contribution in [0.15, 0.2) is 12.1 Å². The van der Waals surface area contributed by atoms with Crippen molar-refractivity contribution in [2.45, 2.75) is 25.7 Å². The summed E-state index contributed by atoms with van der Waals surface area (Å²) in [5, 5.41) is 8.48. The highest BCUT2D eigenvalue weighted by Gasteiger charge is 2.09. The van der Waals surface area contributed by atoms with Crippen LogP contribution in [0.1, 0.15) is 25.1 Å². The van der Waals surface area contributed by atoms with E-state index in [4.69, 9.17) is 5.11 Å². The number of unbranched alkanes of at least 4 members (excludes halogenated alkanes) is 1. The molecule has 0 unspecified atom stereocenters. The molecule has 1 aromatic carbocycles. The van der Waals surface area contributed by atoms with Crippen LogP contribution in [0.2, 0.25) is 0 Å². The molecule has 0 amide bonds. The molecule has 1 aromatic heterocycles. The number of nitrogens with one attached hydrogen (secondary N) is 1. The molecule has 0 spiro atoms. The Labute approximate surface area is 102 Å². The Morgan fingerprint density at radius 2 is 2.11 bits per heavy atom. The van der Waals surface area contributed by atoms with Gasteiger partial charge in [0.25, 0.3) is 0 Å². The van der Waals surface area contributed by atoms with E-state index < -0.39 is 17.6 Å². The fraction of sp³-hybridized carbons (Fsp3) is 0.333. The second-order valence-corrected chi connectivity index (χ2v) is 4.07. The van der Waals surface area contributed by atoms with Gasteiger partial charge in [0.2, 0.25) is 0 Å². The second-order valence-electron chi connectivity index (χ2n) is 4.07. The van der Waals surface area contributed by atoms with E-state index in [0.717, 1.165) is 6.07 Å². The summed E-state index contributed by atoms with van der Waals surface area (Å²) in [5.74, 6) is -1.65. The molecule has 0 aliphatic rings. The lowest BCUT2D eigenvalue weighted by atomic mass is 10.2. The average molecular weight is 254 g/mol. The van der Waals surface area contributed by atoms with Gasteiger partial charge in [-0.25, -0.2) is 13.8 Å². The molecule has 6 heteroatoms. The molecule has 0 bridgehead atoms. The van der Waals surface area contributed by atoms with Crippen molar-refractivity contribution in [3.8, 4) is 0 Å². The topological polar surface area (TPSA) is 66.0 Å². The third kappa shape index (κ3) is 2.82. The smallest absolute Gasteiger partial charge is 0.303 e. The number of carboxylic acid groups (broad SMARTS) is 1. The Balaban J connectivity index is 2.06. The first-order valence-electron chi connectivity index (χ1n) is 5.61. The van der Waals surface area contributed by atoms with E-state index in [1.54, 1.807) is 0 Å². The summed E-state index contributed by atoms with van der Waals surface area (Å²) < 4.78 is 26.3. The van der Waals surface area contributed by atoms with E-state index in [9.17, 15) is 13.6 Å². The summed E-state index contributed by atoms with van der Waals surface area (Å²) in [7, 11) is 0. The summed E-state index contributed by atoms with van der Waals surface area (Å²) in [6.45, 7) is 0. The van der Waals surface area contributed by atoms with Crippen LogP contribution in [0, 0.1) is 11.6 Å². The van der Waals surface area contributed by atoms with E-state index in [0.29, 0.717) is 30.6 Å². The number of fused-ring (bicyclic) bond motifs is 1. The largest absolute Gasteiger partial charge is 0.481 e. The molecule has 0 saturated carbocycles. The first kappa shape index (κ1) is 12.5. The zero-order valence-electron chi connectivity index (χ0n) is 9.54. The number of nitrogens with zero attached hydrogens (tertiary/aromatic N) is 1. The van der Waals surface area contributed by atoms with Crippen molar-refractivity contribution in [1.82, 2.24) is 9.97 Å². The standard InChI is InChI=1S/C12H12F2N2O2/c13-7-5-8(14)12-9(6-7)15-10(16-12)3-1-2-4-11(17)18/h5-6H,1-4H2,(H,15,16)(H,17,18). The van der Waals surface area contributed by atoms with Gasteiger partial charge in [0.05, 0.1) is 5.52 Å². The molecular formula is C12H12F2N2O2. The molecule has 18 heavy (non-hydrogen) atoms. The third-order valence-corrected chi connectivity index (χ3v) is 2.61. The lowest BCUT2D eigenvalue weighted by Gasteiger charge is -1.95. The van der Waals surface area contributed by atoms with Crippen LogP contribution in [0.5, 0.6) is 0 Å². The van der Waals surface area contributed by atoms with E-state index in [2.05, 4.69) is 9.97 Å². The molecule has 0 aliphatic carbocycles. The minimum Gasteiger partial charge on any atom is -0.481 e. The van der Waals surface area contributed by atoms with Gasteiger partial charge in [-0.2, -0.15) is 0 Å². The number of aromatic nitrogens is 2. The van der Waals surface area contributed by atoms with Gasteiger partial charge in [-0.3, -0.25) is 4.79 Å². The summed E-state index contributed by atoms with van der Waals surface area (Å²) in [5.41, 5.74) is 0.436. The quantitative estimate of drug-likeness (QED) is 0.806. The highest BCUT2D eigenvalue weighted by atomic mass is 19.1. The fourth-order valence-electron chi connectivity index (χ4n) is 1.78. The number of carbonyl (C=O) groups is 1. The van der Waals surface area contributed by atoms with Crippen LogP contribution < -0.4 is 0 Å². The van der Waals surface area contributed by atoms with Crippen LogP contribution >= 0.6 is 0 Å². The third-order valence-electron chi connectivity index (χ3n) is 2.61. The van der Waals surface area contributed by atoms with Crippen LogP contribution in [-0.2, 0) is 11.2 Å². The van der Waals surface area contributed by atoms with Crippen molar-refractivity contribution >= 4 is 17.0 Å². The van der Waals surface area contributed by atoms with Crippen molar-refractivity contribution in [3.63, 3.8) is 0 Å². The number of benzene rings is 1. The summed E-state index contributed by atoms with van der Waals surface area (Å²) in [6, 6.07) is 1.98. The zero-order valence-corrected chi connectivity index (χ0v) is 9.54. The van der Waals surface area contributed by atoms with E-state index >= 15 is 0 Å². The van der Waals surface area contributed by atoms with E-state index in [1.807, 2.05) is 0 Å². The van der Waals surface area contributed by atoms with Gasteiger partial charge in [-0.1, -0.05) is 0 Å². The van der Waals surface area contributed by atoms with Gasteiger partial charge in [0.1, 0.15) is 17.2 Å². The summed E-state index contributed by atoms with van der Waals surface area (Å²) in [4.78, 5) is 17.2. The zero-order chi connectivity index (χ0) is 13.1. The van der Waals surface area contributed by atoms with Crippen LogP contribution in [-0.4, -0.2) is 21.0 Å². The van der Waals surface area contributed by atoms with Crippen molar-refractivity contribution in [3.05, 3.63) is 29.6 Å². The molecule has 0 radical (unpaired) electrons. The lowest BCUT2D eigenvalue weighted by molar-refractivity contribution is -0.137. The van der Waals surface area contributed by atoms with E-state index in [-0.39, 0.29) is 11.9 Å². The number of aliphatic carboxylic acids is 1. The predicted molar refractivity (Wildman–Crippen MR) is 61.2 cm³/mol. The highest BCUT2D eigenvalue weighted by Crippen LogP contribution is 2.18. The molecule has 96 valence electrons. The number of imidazole rings is 1. The molecule has 4 nitrogen and oxygen atoms in total. The van der Waals surface area contributed by atoms with Crippen molar-refractivity contribution in [2.24, 2.45) is 0 Å². The molecule has 1 heterocycles. The van der Waals surface area contributed by atoms with Gasteiger partial charge >= 0.3 is 5.97 Å². The van der Waals surface area contributed by atoms with Crippen LogP contribution in [0.4, 0.5) is 8.78 Å². The lowest BCUT2D eigenvalue weighted by Crippen LogP contribution is -1.95. The molecular weight excluding hydrogens is 242 g/mol. The number of aryl methyl sites for hydroxylation is 1. The van der Waals surface area contributed by atoms with Gasteiger partial charge < -0.3 is 10.1 Å². The second kappa shape index (κ2) is 5.12. The minimum atomic E-state index is -0.840. The maximum Gasteiger partial charge on any atom is 0.303 e. The average Bonchev–Trinajstić information content (AvgIpc) is 2.67. The monoisotopic (exact) mass is 254 g/mol. The SMILES string of the molecule is O=C(O)CCCCc1nc2c(F)cc(F)cc2[nH]1. The van der Waals surface area contributed by atoms with Crippen LogP contribution in [0.3, 0.4) is 0 Å². The first-order chi connectivity index (χ1) is 8.56. The van der Waals surface area contributed by atoms with Gasteiger partial charge in [0.15, 0.2) is 5.82 Å². The maximum atomic E-state index is 13.4. The van der Waals surface area contributed by atoms with Crippen molar-refractivity contribution in [1.29, 1.82) is 0 Å². The normalized spacial score (nSPS) is 11.0. The maximum absolute atomic E-state index is 13.4. The fourth-order valence-corrected chi connectivity index (χ4v) is 1.78. The Bertz CT molecular complexity index is 581. The molecule has 2 N–H and O–H groups in total. The minimum absolute atomic E-state index is 0.100. The number of H-pyrrole nitrogens is 1. The molecule has 0 aliphatic heterocycles. The number of hydrogen-bond acceptors (Lipinski definition) is 2. The Morgan fingerprint density at radius 1 is 1.33 bits per heavy atom. The number of aromatic amines is 1. The molecule has 2 rings (SSSR count). The Morgan fingerprint density at radius 3 is 2.83 bits per heavy atom. The van der Waals surface area contributed by atoms with Crippen molar-refractivity contribution < 1.29 is 18.7 Å². The number of halogens is 2. The summed E-state index contributed by atoms with van der Waals surface area (Å²) >= 11 is 0. The van der Waals surface area contributed by atoms with E-state index in [1.165, 1.54) is 6.07 Å². The van der Waals surface area contributed by atoms with Gasteiger partial charge in [0, 0.05) is 18.9 Å².